The SMILES string of the molecule is N#CCCN(CCN(CCC#N)c1ccc(C=O)cc1)c1ccc(C=O)cc1. The summed E-state index contributed by atoms with van der Waals surface area (Å²) < 4.78 is 0. The zero-order valence-electron chi connectivity index (χ0n) is 15.6. The second-order valence-electron chi connectivity index (χ2n) is 6.21. The zero-order chi connectivity index (χ0) is 20.2. The summed E-state index contributed by atoms with van der Waals surface area (Å²) in [5.74, 6) is 0. The minimum atomic E-state index is 0.391. The number of benzene rings is 2. The van der Waals surface area contributed by atoms with Gasteiger partial charge in [-0.05, 0) is 48.5 Å². The van der Waals surface area contributed by atoms with Crippen molar-refractivity contribution in [2.24, 2.45) is 0 Å². The van der Waals surface area contributed by atoms with Crippen molar-refractivity contribution in [3.8, 4) is 12.1 Å². The number of anilines is 2. The number of nitrogens with zero attached hydrogens (tertiary/aromatic N) is 4. The van der Waals surface area contributed by atoms with Gasteiger partial charge in [-0.15, -0.1) is 0 Å². The van der Waals surface area contributed by atoms with E-state index >= 15 is 0 Å². The molecule has 0 aromatic heterocycles. The third kappa shape index (κ3) is 5.96. The molecule has 0 bridgehead atoms. The van der Waals surface area contributed by atoms with Gasteiger partial charge in [0.2, 0.25) is 0 Å². The van der Waals surface area contributed by atoms with Crippen LogP contribution in [0.2, 0.25) is 0 Å². The molecule has 0 N–H and O–H groups in total. The molecule has 2 rings (SSSR count). The first-order chi connectivity index (χ1) is 13.7. The van der Waals surface area contributed by atoms with Gasteiger partial charge >= 0.3 is 0 Å². The molecule has 0 amide bonds. The van der Waals surface area contributed by atoms with Gasteiger partial charge < -0.3 is 9.80 Å². The second-order valence-corrected chi connectivity index (χ2v) is 6.21. The van der Waals surface area contributed by atoms with E-state index in [2.05, 4.69) is 21.9 Å². The molecular weight excluding hydrogens is 352 g/mol. The minimum Gasteiger partial charge on any atom is -0.369 e. The van der Waals surface area contributed by atoms with Crippen molar-refractivity contribution in [1.29, 1.82) is 10.5 Å². The Hall–Kier alpha value is -3.64. The first-order valence-corrected chi connectivity index (χ1v) is 9.06. The van der Waals surface area contributed by atoms with Crippen LogP contribution in [0.5, 0.6) is 0 Å². The van der Waals surface area contributed by atoms with E-state index in [4.69, 9.17) is 10.5 Å². The smallest absolute Gasteiger partial charge is 0.150 e. The highest BCUT2D eigenvalue weighted by molar-refractivity contribution is 5.76. The summed E-state index contributed by atoms with van der Waals surface area (Å²) in [5.41, 5.74) is 3.10. The van der Waals surface area contributed by atoms with Crippen molar-refractivity contribution in [3.05, 3.63) is 59.7 Å². The summed E-state index contributed by atoms with van der Waals surface area (Å²) in [6.07, 6.45) is 2.38. The molecule has 0 atom stereocenters. The Morgan fingerprint density at radius 2 is 1.00 bits per heavy atom. The van der Waals surface area contributed by atoms with Gasteiger partial charge in [0, 0.05) is 48.7 Å². The molecule has 0 fully saturated rings. The van der Waals surface area contributed by atoms with Crippen LogP contribution >= 0.6 is 0 Å². The number of carbonyl (C=O) groups excluding carboxylic acids is 2. The van der Waals surface area contributed by atoms with Crippen molar-refractivity contribution in [2.45, 2.75) is 12.8 Å². The average Bonchev–Trinajstić information content (AvgIpc) is 2.76. The van der Waals surface area contributed by atoms with E-state index in [1.54, 1.807) is 24.3 Å². The molecule has 0 radical (unpaired) electrons. The first kappa shape index (κ1) is 20.7. The van der Waals surface area contributed by atoms with Crippen LogP contribution in [-0.2, 0) is 0 Å². The number of nitriles is 2. The molecule has 28 heavy (non-hydrogen) atoms. The summed E-state index contributed by atoms with van der Waals surface area (Å²) in [6, 6.07) is 18.9. The predicted octanol–water partition coefficient (Wildman–Crippen LogP) is 3.45. The minimum absolute atomic E-state index is 0.391. The Kier molecular flexibility index (Phi) is 8.23. The molecule has 142 valence electrons. The van der Waals surface area contributed by atoms with Crippen molar-refractivity contribution in [1.82, 2.24) is 0 Å². The number of hydrogen-bond acceptors (Lipinski definition) is 6. The molecule has 6 nitrogen and oxygen atoms in total. The van der Waals surface area contributed by atoms with E-state index in [1.807, 2.05) is 24.3 Å². The molecule has 0 heterocycles. The topological polar surface area (TPSA) is 88.2 Å². The summed E-state index contributed by atoms with van der Waals surface area (Å²) in [7, 11) is 0. The zero-order valence-corrected chi connectivity index (χ0v) is 15.6. The quantitative estimate of drug-likeness (QED) is 0.560. The van der Waals surface area contributed by atoms with E-state index in [0.29, 0.717) is 50.1 Å². The fraction of sp³-hybridized carbons (Fsp3) is 0.273. The van der Waals surface area contributed by atoms with Crippen LogP contribution in [-0.4, -0.2) is 38.8 Å². The summed E-state index contributed by atoms with van der Waals surface area (Å²) >= 11 is 0. The lowest BCUT2D eigenvalue weighted by molar-refractivity contribution is 0.111. The van der Waals surface area contributed by atoms with Gasteiger partial charge in [0.15, 0.2) is 0 Å². The van der Waals surface area contributed by atoms with Crippen LogP contribution in [0.4, 0.5) is 11.4 Å². The average molecular weight is 374 g/mol. The highest BCUT2D eigenvalue weighted by Crippen LogP contribution is 2.18. The van der Waals surface area contributed by atoms with Crippen molar-refractivity contribution < 1.29 is 9.59 Å². The van der Waals surface area contributed by atoms with Crippen LogP contribution in [0.1, 0.15) is 33.6 Å². The van der Waals surface area contributed by atoms with E-state index in [0.717, 1.165) is 23.9 Å². The number of aldehydes is 2. The Morgan fingerprint density at radius 1 is 0.643 bits per heavy atom. The molecule has 0 saturated heterocycles. The molecule has 0 unspecified atom stereocenters. The van der Waals surface area contributed by atoms with Crippen LogP contribution in [0, 0.1) is 22.7 Å². The molecule has 2 aromatic rings. The summed E-state index contributed by atoms with van der Waals surface area (Å²) in [6.45, 7) is 2.46. The number of rotatable bonds is 11. The number of hydrogen-bond donors (Lipinski definition) is 0. The Labute approximate surface area is 165 Å². The molecule has 0 spiro atoms. The van der Waals surface area contributed by atoms with Crippen LogP contribution in [0.25, 0.3) is 0 Å². The standard InChI is InChI=1S/C22H22N4O2/c23-11-1-13-25(21-7-3-19(17-27)4-8-21)15-16-26(14-2-12-24)22-9-5-20(18-28)6-10-22/h3-10,17-18H,1-2,13-16H2. The van der Waals surface area contributed by atoms with Crippen LogP contribution < -0.4 is 9.80 Å². The first-order valence-electron chi connectivity index (χ1n) is 9.06. The second kappa shape index (κ2) is 11.2. The van der Waals surface area contributed by atoms with E-state index < -0.39 is 0 Å². The fourth-order valence-corrected chi connectivity index (χ4v) is 2.88. The fourth-order valence-electron chi connectivity index (χ4n) is 2.88. The van der Waals surface area contributed by atoms with E-state index in [9.17, 15) is 9.59 Å². The lowest BCUT2D eigenvalue weighted by Crippen LogP contribution is -2.36. The molecule has 6 heteroatoms. The van der Waals surface area contributed by atoms with E-state index in [1.165, 1.54) is 0 Å². The Bertz CT molecular complexity index is 775. The van der Waals surface area contributed by atoms with Gasteiger partial charge in [-0.2, -0.15) is 10.5 Å². The van der Waals surface area contributed by atoms with E-state index in [-0.39, 0.29) is 0 Å². The maximum Gasteiger partial charge on any atom is 0.150 e. The van der Waals surface area contributed by atoms with Gasteiger partial charge in [-0.1, -0.05) is 0 Å². The van der Waals surface area contributed by atoms with Gasteiger partial charge in [0.25, 0.3) is 0 Å². The molecule has 0 aliphatic heterocycles. The molecule has 2 aromatic carbocycles. The lowest BCUT2D eigenvalue weighted by atomic mass is 10.2. The van der Waals surface area contributed by atoms with Crippen LogP contribution in [0.15, 0.2) is 48.5 Å². The predicted molar refractivity (Wildman–Crippen MR) is 109 cm³/mol. The summed E-state index contributed by atoms with van der Waals surface area (Å²) in [4.78, 5) is 25.9. The van der Waals surface area contributed by atoms with Gasteiger partial charge in [0.1, 0.15) is 12.6 Å². The monoisotopic (exact) mass is 374 g/mol. The highest BCUT2D eigenvalue weighted by atomic mass is 16.1. The number of carbonyl (C=O) groups is 2. The van der Waals surface area contributed by atoms with Crippen molar-refractivity contribution >= 4 is 23.9 Å². The van der Waals surface area contributed by atoms with Gasteiger partial charge in [-0.3, -0.25) is 9.59 Å². The maximum atomic E-state index is 10.9. The molecule has 0 aliphatic carbocycles. The third-order valence-corrected chi connectivity index (χ3v) is 4.42. The highest BCUT2D eigenvalue weighted by Gasteiger charge is 2.11. The van der Waals surface area contributed by atoms with Gasteiger partial charge in [-0.25, -0.2) is 0 Å². The molecule has 0 aliphatic rings. The van der Waals surface area contributed by atoms with Crippen LogP contribution in [0.3, 0.4) is 0 Å². The van der Waals surface area contributed by atoms with Gasteiger partial charge in [0.05, 0.1) is 25.0 Å². The van der Waals surface area contributed by atoms with Crippen molar-refractivity contribution in [3.63, 3.8) is 0 Å². The normalized spacial score (nSPS) is 9.79. The third-order valence-electron chi connectivity index (χ3n) is 4.42. The largest absolute Gasteiger partial charge is 0.369 e. The molecular formula is C22H22N4O2. The molecule has 0 saturated carbocycles. The Morgan fingerprint density at radius 3 is 1.29 bits per heavy atom. The Balaban J connectivity index is 2.14. The maximum absolute atomic E-state index is 10.9. The van der Waals surface area contributed by atoms with Crippen molar-refractivity contribution in [2.75, 3.05) is 36.0 Å². The summed E-state index contributed by atoms with van der Waals surface area (Å²) in [5, 5.41) is 17.9. The lowest BCUT2D eigenvalue weighted by Gasteiger charge is -2.30.